The van der Waals surface area contributed by atoms with Crippen molar-refractivity contribution in [3.63, 3.8) is 0 Å². The lowest BCUT2D eigenvalue weighted by Gasteiger charge is -2.06. The molecular formula is C16H15N9OS. The second kappa shape index (κ2) is 7.11. The second-order valence-corrected chi connectivity index (χ2v) is 6.68. The molecule has 136 valence electrons. The number of carbonyl (C=O) groups is 1. The molecule has 11 heteroatoms. The van der Waals surface area contributed by atoms with Crippen molar-refractivity contribution in [1.82, 2.24) is 40.0 Å². The summed E-state index contributed by atoms with van der Waals surface area (Å²) in [7, 11) is 1.73. The smallest absolute Gasteiger partial charge is 0.234 e. The van der Waals surface area contributed by atoms with Gasteiger partial charge in [0.25, 0.3) is 0 Å². The van der Waals surface area contributed by atoms with Crippen LogP contribution in [-0.2, 0) is 11.8 Å². The fourth-order valence-corrected chi connectivity index (χ4v) is 3.10. The number of aryl methyl sites for hydroxylation is 2. The minimum Gasteiger partial charge on any atom is -0.325 e. The summed E-state index contributed by atoms with van der Waals surface area (Å²) in [6, 6.07) is 11.3. The zero-order valence-corrected chi connectivity index (χ0v) is 15.4. The fourth-order valence-electron chi connectivity index (χ4n) is 2.45. The molecule has 3 aromatic heterocycles. The van der Waals surface area contributed by atoms with Crippen molar-refractivity contribution in [2.75, 3.05) is 11.1 Å². The summed E-state index contributed by atoms with van der Waals surface area (Å²) in [6.45, 7) is 1.85. The van der Waals surface area contributed by atoms with E-state index in [9.17, 15) is 4.79 Å². The number of anilines is 1. The summed E-state index contributed by atoms with van der Waals surface area (Å²) in [5, 5.41) is 27.1. The zero-order chi connectivity index (χ0) is 18.8. The number of tetrazole rings is 1. The van der Waals surface area contributed by atoms with Crippen LogP contribution in [0.3, 0.4) is 0 Å². The van der Waals surface area contributed by atoms with Crippen LogP contribution in [0.25, 0.3) is 16.9 Å². The van der Waals surface area contributed by atoms with Gasteiger partial charge in [-0.15, -0.1) is 15.3 Å². The van der Waals surface area contributed by atoms with E-state index in [1.165, 1.54) is 16.4 Å². The van der Waals surface area contributed by atoms with Crippen LogP contribution < -0.4 is 5.32 Å². The number of benzene rings is 1. The maximum Gasteiger partial charge on any atom is 0.234 e. The summed E-state index contributed by atoms with van der Waals surface area (Å²) in [4.78, 5) is 12.1. The predicted molar refractivity (Wildman–Crippen MR) is 99.1 cm³/mol. The molecule has 0 unspecified atom stereocenters. The number of fused-ring (bicyclic) bond motifs is 1. The number of rotatable bonds is 5. The largest absolute Gasteiger partial charge is 0.325 e. The number of nitrogens with one attached hydrogen (secondary N) is 1. The van der Waals surface area contributed by atoms with Crippen LogP contribution >= 0.6 is 11.8 Å². The van der Waals surface area contributed by atoms with Crippen molar-refractivity contribution in [2.24, 2.45) is 7.05 Å². The Morgan fingerprint density at radius 2 is 1.93 bits per heavy atom. The Morgan fingerprint density at radius 3 is 2.67 bits per heavy atom. The molecule has 0 radical (unpaired) electrons. The molecule has 27 heavy (non-hydrogen) atoms. The predicted octanol–water partition coefficient (Wildman–Crippen LogP) is 1.35. The van der Waals surface area contributed by atoms with E-state index in [0.29, 0.717) is 16.5 Å². The molecule has 1 N–H and O–H groups in total. The van der Waals surface area contributed by atoms with Gasteiger partial charge in [0.05, 0.1) is 11.4 Å². The lowest BCUT2D eigenvalue weighted by atomic mass is 10.1. The minimum atomic E-state index is -0.129. The third kappa shape index (κ3) is 3.62. The average molecular weight is 381 g/mol. The molecule has 0 atom stereocenters. The Balaban J connectivity index is 1.42. The van der Waals surface area contributed by atoms with E-state index in [0.717, 1.165) is 17.1 Å². The van der Waals surface area contributed by atoms with Gasteiger partial charge in [0.1, 0.15) is 0 Å². The zero-order valence-electron chi connectivity index (χ0n) is 14.6. The summed E-state index contributed by atoms with van der Waals surface area (Å²) in [6.07, 6.45) is 0. The molecule has 0 saturated carbocycles. The summed E-state index contributed by atoms with van der Waals surface area (Å²) < 4.78 is 3.22. The van der Waals surface area contributed by atoms with E-state index < -0.39 is 0 Å². The Hall–Kier alpha value is -3.34. The summed E-state index contributed by atoms with van der Waals surface area (Å²) in [5.74, 6) is 0.822. The van der Waals surface area contributed by atoms with E-state index in [2.05, 4.69) is 36.1 Å². The Morgan fingerprint density at radius 1 is 1.11 bits per heavy atom. The van der Waals surface area contributed by atoms with Gasteiger partial charge < -0.3 is 5.32 Å². The van der Waals surface area contributed by atoms with Crippen LogP contribution in [0.5, 0.6) is 0 Å². The van der Waals surface area contributed by atoms with E-state index in [4.69, 9.17) is 0 Å². The monoisotopic (exact) mass is 381 g/mol. The first kappa shape index (κ1) is 17.1. The second-order valence-electron chi connectivity index (χ2n) is 5.74. The first-order valence-electron chi connectivity index (χ1n) is 8.04. The normalized spacial score (nSPS) is 11.0. The standard InChI is InChI=1S/C16H15N9OS/c1-10-18-19-14-8-7-13(21-25(10)14)11-3-5-12(6-4-11)17-15(26)9-27-16-20-22-23-24(16)2/h3-8H,9H2,1-2H3,(H,17,26). The molecule has 3 heterocycles. The number of thioether (sulfide) groups is 1. The number of aromatic nitrogens is 8. The molecule has 0 spiro atoms. The fraction of sp³-hybridized carbons (Fsp3) is 0.188. The minimum absolute atomic E-state index is 0.129. The molecule has 0 fully saturated rings. The van der Waals surface area contributed by atoms with Gasteiger partial charge in [-0.05, 0) is 41.6 Å². The third-order valence-corrected chi connectivity index (χ3v) is 4.81. The average Bonchev–Trinajstić information content (AvgIpc) is 3.26. The Kier molecular flexibility index (Phi) is 4.50. The molecule has 10 nitrogen and oxygen atoms in total. The van der Waals surface area contributed by atoms with Crippen LogP contribution in [0, 0.1) is 6.92 Å². The van der Waals surface area contributed by atoms with Crippen molar-refractivity contribution in [3.8, 4) is 11.3 Å². The lowest BCUT2D eigenvalue weighted by molar-refractivity contribution is -0.113. The van der Waals surface area contributed by atoms with E-state index >= 15 is 0 Å². The Labute approximate surface area is 158 Å². The Bertz CT molecular complexity index is 1100. The first-order valence-corrected chi connectivity index (χ1v) is 9.03. The van der Waals surface area contributed by atoms with E-state index in [-0.39, 0.29) is 11.7 Å². The number of amides is 1. The highest BCUT2D eigenvalue weighted by atomic mass is 32.2. The number of hydrogen-bond acceptors (Lipinski definition) is 8. The van der Waals surface area contributed by atoms with Gasteiger partial charge in [-0.25, -0.2) is 4.68 Å². The van der Waals surface area contributed by atoms with Gasteiger partial charge in [0.2, 0.25) is 11.1 Å². The molecule has 0 aliphatic carbocycles. The van der Waals surface area contributed by atoms with Crippen molar-refractivity contribution < 1.29 is 4.79 Å². The van der Waals surface area contributed by atoms with Crippen molar-refractivity contribution in [2.45, 2.75) is 12.1 Å². The maximum atomic E-state index is 12.1. The highest BCUT2D eigenvalue weighted by Crippen LogP contribution is 2.20. The topological polar surface area (TPSA) is 116 Å². The molecule has 0 saturated heterocycles. The molecule has 4 aromatic rings. The van der Waals surface area contributed by atoms with Gasteiger partial charge in [0.15, 0.2) is 11.5 Å². The van der Waals surface area contributed by atoms with Crippen LogP contribution in [-0.4, -0.2) is 51.7 Å². The van der Waals surface area contributed by atoms with Crippen LogP contribution in [0.15, 0.2) is 41.6 Å². The van der Waals surface area contributed by atoms with E-state index in [1.807, 2.05) is 43.3 Å². The van der Waals surface area contributed by atoms with Crippen molar-refractivity contribution >= 4 is 29.0 Å². The van der Waals surface area contributed by atoms with Gasteiger partial charge in [-0.2, -0.15) is 9.61 Å². The van der Waals surface area contributed by atoms with E-state index in [1.54, 1.807) is 11.6 Å². The van der Waals surface area contributed by atoms with Crippen LogP contribution in [0.4, 0.5) is 5.69 Å². The molecule has 0 aliphatic rings. The molecule has 0 bridgehead atoms. The number of carbonyl (C=O) groups excluding carboxylic acids is 1. The molecule has 4 rings (SSSR count). The number of nitrogens with zero attached hydrogens (tertiary/aromatic N) is 8. The quantitative estimate of drug-likeness (QED) is 0.515. The molecule has 1 aromatic carbocycles. The SMILES string of the molecule is Cc1nnc2ccc(-c3ccc(NC(=O)CSc4nnnn4C)cc3)nn12. The van der Waals surface area contributed by atoms with Crippen LogP contribution in [0.1, 0.15) is 5.82 Å². The highest BCUT2D eigenvalue weighted by molar-refractivity contribution is 7.99. The van der Waals surface area contributed by atoms with Crippen LogP contribution in [0.2, 0.25) is 0 Å². The highest BCUT2D eigenvalue weighted by Gasteiger charge is 2.09. The van der Waals surface area contributed by atoms with Gasteiger partial charge in [-0.1, -0.05) is 23.9 Å². The lowest BCUT2D eigenvalue weighted by Crippen LogP contribution is -2.14. The summed E-state index contributed by atoms with van der Waals surface area (Å²) >= 11 is 1.27. The third-order valence-electron chi connectivity index (χ3n) is 3.80. The van der Waals surface area contributed by atoms with Crippen molar-refractivity contribution in [1.29, 1.82) is 0 Å². The van der Waals surface area contributed by atoms with Gasteiger partial charge in [0, 0.05) is 18.3 Å². The molecule has 0 aliphatic heterocycles. The molecule has 1 amide bonds. The van der Waals surface area contributed by atoms with Crippen molar-refractivity contribution in [3.05, 3.63) is 42.2 Å². The first-order chi connectivity index (χ1) is 13.1. The number of hydrogen-bond donors (Lipinski definition) is 1. The van der Waals surface area contributed by atoms with Gasteiger partial charge >= 0.3 is 0 Å². The summed E-state index contributed by atoms with van der Waals surface area (Å²) in [5.41, 5.74) is 3.15. The van der Waals surface area contributed by atoms with Gasteiger partial charge in [-0.3, -0.25) is 4.79 Å². The molecular weight excluding hydrogens is 366 g/mol. The maximum absolute atomic E-state index is 12.1.